The van der Waals surface area contributed by atoms with E-state index in [1.165, 1.54) is 12.5 Å². The van der Waals surface area contributed by atoms with E-state index in [9.17, 15) is 4.79 Å². The van der Waals surface area contributed by atoms with E-state index in [1.54, 1.807) is 6.20 Å². The topological polar surface area (TPSA) is 48.4 Å². The summed E-state index contributed by atoms with van der Waals surface area (Å²) in [5, 5.41) is 0. The number of rotatable bonds is 7. The minimum absolute atomic E-state index is 0.350. The molecular formula is C23H23NO3. The second-order valence-electron chi connectivity index (χ2n) is 6.26. The average Bonchev–Trinajstić information content (AvgIpc) is 2.71. The Morgan fingerprint density at radius 2 is 1.70 bits per heavy atom. The Balaban J connectivity index is 1.90. The number of carbonyl (C=O) groups excluding carboxylic acids is 1. The number of esters is 1. The van der Waals surface area contributed by atoms with Crippen molar-refractivity contribution in [3.63, 3.8) is 0 Å². The summed E-state index contributed by atoms with van der Waals surface area (Å²) in [7, 11) is 0. The van der Waals surface area contributed by atoms with Gasteiger partial charge in [-0.25, -0.2) is 4.98 Å². The van der Waals surface area contributed by atoms with E-state index in [4.69, 9.17) is 9.47 Å². The maximum atomic E-state index is 11.7. The summed E-state index contributed by atoms with van der Waals surface area (Å²) in [6.07, 6.45) is 2.07. The number of nitrogens with zero attached hydrogens (tertiary/aromatic N) is 1. The molecule has 2 aromatic carbocycles. The van der Waals surface area contributed by atoms with E-state index < -0.39 is 6.10 Å². The van der Waals surface area contributed by atoms with Crippen LogP contribution >= 0.6 is 0 Å². The minimum Gasteiger partial charge on any atom is -0.472 e. The predicted molar refractivity (Wildman–Crippen MR) is 104 cm³/mol. The van der Waals surface area contributed by atoms with Crippen LogP contribution in [0.4, 0.5) is 0 Å². The molecule has 0 spiro atoms. The molecular weight excluding hydrogens is 338 g/mol. The van der Waals surface area contributed by atoms with Gasteiger partial charge in [-0.2, -0.15) is 0 Å². The first-order valence-electron chi connectivity index (χ1n) is 9.05. The quantitative estimate of drug-likeness (QED) is 0.563. The van der Waals surface area contributed by atoms with E-state index in [2.05, 4.69) is 11.9 Å². The normalized spacial score (nSPS) is 11.6. The third-order valence-electron chi connectivity index (χ3n) is 4.28. The molecule has 0 aliphatic heterocycles. The Hall–Kier alpha value is -3.14. The summed E-state index contributed by atoms with van der Waals surface area (Å²) >= 11 is 0. The number of carbonyl (C=O) groups is 1. The zero-order valence-corrected chi connectivity index (χ0v) is 15.6. The van der Waals surface area contributed by atoms with Gasteiger partial charge in [-0.05, 0) is 35.2 Å². The van der Waals surface area contributed by atoms with E-state index in [-0.39, 0.29) is 5.97 Å². The van der Waals surface area contributed by atoms with Crippen molar-refractivity contribution in [2.75, 3.05) is 0 Å². The molecule has 1 unspecified atom stereocenters. The van der Waals surface area contributed by atoms with Crippen LogP contribution in [0, 0.1) is 0 Å². The summed E-state index contributed by atoms with van der Waals surface area (Å²) in [5.74, 6) is 0.115. The lowest BCUT2D eigenvalue weighted by Gasteiger charge is -2.20. The van der Waals surface area contributed by atoms with Gasteiger partial charge < -0.3 is 9.47 Å². The second kappa shape index (κ2) is 8.99. The third kappa shape index (κ3) is 4.94. The van der Waals surface area contributed by atoms with Crippen LogP contribution in [0.15, 0.2) is 72.9 Å². The molecule has 1 aromatic heterocycles. The Morgan fingerprint density at radius 1 is 0.963 bits per heavy atom. The molecule has 0 saturated heterocycles. The van der Waals surface area contributed by atoms with E-state index in [0.29, 0.717) is 12.5 Å². The van der Waals surface area contributed by atoms with Gasteiger partial charge in [-0.3, -0.25) is 4.79 Å². The molecule has 4 nitrogen and oxygen atoms in total. The van der Waals surface area contributed by atoms with Crippen molar-refractivity contribution in [3.8, 4) is 5.88 Å². The molecule has 1 atom stereocenters. The molecule has 0 radical (unpaired) electrons. The largest absolute Gasteiger partial charge is 0.472 e. The summed E-state index contributed by atoms with van der Waals surface area (Å²) < 4.78 is 11.6. The first kappa shape index (κ1) is 18.6. The molecule has 0 bridgehead atoms. The highest BCUT2D eigenvalue weighted by atomic mass is 16.5. The van der Waals surface area contributed by atoms with Gasteiger partial charge in [0.05, 0.1) is 5.56 Å². The molecule has 0 N–H and O–H groups in total. The Kier molecular flexibility index (Phi) is 6.21. The zero-order chi connectivity index (χ0) is 19.1. The van der Waals surface area contributed by atoms with Gasteiger partial charge in [0, 0.05) is 13.1 Å². The highest BCUT2D eigenvalue weighted by Crippen LogP contribution is 2.32. The van der Waals surface area contributed by atoms with Crippen LogP contribution in [0.5, 0.6) is 5.88 Å². The fourth-order valence-corrected chi connectivity index (χ4v) is 2.85. The van der Waals surface area contributed by atoms with Crippen LogP contribution in [-0.2, 0) is 22.6 Å². The van der Waals surface area contributed by atoms with Gasteiger partial charge in [-0.15, -0.1) is 0 Å². The minimum atomic E-state index is -0.562. The van der Waals surface area contributed by atoms with Gasteiger partial charge in [0.15, 0.2) is 6.10 Å². The predicted octanol–water partition coefficient (Wildman–Crippen LogP) is 4.88. The number of pyridine rings is 1. The summed E-state index contributed by atoms with van der Waals surface area (Å²) in [4.78, 5) is 16.1. The third-order valence-corrected chi connectivity index (χ3v) is 4.28. The maximum Gasteiger partial charge on any atom is 0.303 e. The van der Waals surface area contributed by atoms with Gasteiger partial charge in [0.1, 0.15) is 6.61 Å². The van der Waals surface area contributed by atoms with Crippen LogP contribution in [-0.4, -0.2) is 11.0 Å². The van der Waals surface area contributed by atoms with Crippen LogP contribution in [0.25, 0.3) is 0 Å². The van der Waals surface area contributed by atoms with E-state index in [0.717, 1.165) is 23.1 Å². The monoisotopic (exact) mass is 361 g/mol. The smallest absolute Gasteiger partial charge is 0.303 e. The first-order valence-corrected chi connectivity index (χ1v) is 9.05. The standard InChI is InChI=1S/C23H23NO3/c1-3-18-11-13-20(14-12-18)22(27-17(2)25)21-10-7-15-24-23(21)26-16-19-8-5-4-6-9-19/h4-15,22H,3,16H2,1-2H3. The maximum absolute atomic E-state index is 11.7. The average molecular weight is 361 g/mol. The van der Waals surface area contributed by atoms with Crippen LogP contribution in [0.1, 0.15) is 42.2 Å². The van der Waals surface area contributed by atoms with Crippen molar-refractivity contribution < 1.29 is 14.3 Å². The van der Waals surface area contributed by atoms with E-state index >= 15 is 0 Å². The molecule has 27 heavy (non-hydrogen) atoms. The molecule has 0 amide bonds. The fourth-order valence-electron chi connectivity index (χ4n) is 2.85. The Labute approximate surface area is 159 Å². The van der Waals surface area contributed by atoms with Crippen LogP contribution in [0.3, 0.4) is 0 Å². The number of ether oxygens (including phenoxy) is 2. The molecule has 138 valence electrons. The molecule has 0 aliphatic carbocycles. The zero-order valence-electron chi connectivity index (χ0n) is 15.6. The van der Waals surface area contributed by atoms with Gasteiger partial charge in [0.25, 0.3) is 0 Å². The molecule has 1 heterocycles. The highest BCUT2D eigenvalue weighted by molar-refractivity contribution is 5.67. The lowest BCUT2D eigenvalue weighted by atomic mass is 10.0. The van der Waals surface area contributed by atoms with Crippen molar-refractivity contribution in [1.29, 1.82) is 0 Å². The number of aromatic nitrogens is 1. The molecule has 3 rings (SSSR count). The van der Waals surface area contributed by atoms with Gasteiger partial charge in [0.2, 0.25) is 5.88 Å². The molecule has 0 fully saturated rings. The van der Waals surface area contributed by atoms with E-state index in [1.807, 2.05) is 66.7 Å². The number of benzene rings is 2. The van der Waals surface area contributed by atoms with Crippen LogP contribution in [0.2, 0.25) is 0 Å². The lowest BCUT2D eigenvalue weighted by molar-refractivity contribution is -0.144. The van der Waals surface area contributed by atoms with Gasteiger partial charge in [-0.1, -0.05) is 61.5 Å². The molecule has 3 aromatic rings. The van der Waals surface area contributed by atoms with Crippen molar-refractivity contribution in [1.82, 2.24) is 4.98 Å². The molecule has 0 aliphatic rings. The second-order valence-corrected chi connectivity index (χ2v) is 6.26. The highest BCUT2D eigenvalue weighted by Gasteiger charge is 2.22. The number of aryl methyl sites for hydroxylation is 1. The van der Waals surface area contributed by atoms with Crippen molar-refractivity contribution in [3.05, 3.63) is 95.2 Å². The summed E-state index contributed by atoms with van der Waals surface area (Å²) in [5.41, 5.74) is 3.89. The molecule has 4 heteroatoms. The summed E-state index contributed by atoms with van der Waals surface area (Å²) in [6, 6.07) is 21.7. The van der Waals surface area contributed by atoms with Gasteiger partial charge >= 0.3 is 5.97 Å². The summed E-state index contributed by atoms with van der Waals surface area (Å²) in [6.45, 7) is 3.91. The number of hydrogen-bond acceptors (Lipinski definition) is 4. The lowest BCUT2D eigenvalue weighted by Crippen LogP contribution is -2.12. The fraction of sp³-hybridized carbons (Fsp3) is 0.217. The Morgan fingerprint density at radius 3 is 2.37 bits per heavy atom. The first-order chi connectivity index (χ1) is 13.2. The number of hydrogen-bond donors (Lipinski definition) is 0. The van der Waals surface area contributed by atoms with Crippen molar-refractivity contribution >= 4 is 5.97 Å². The van der Waals surface area contributed by atoms with Crippen molar-refractivity contribution in [2.24, 2.45) is 0 Å². The van der Waals surface area contributed by atoms with Crippen molar-refractivity contribution in [2.45, 2.75) is 33.0 Å². The SMILES string of the molecule is CCc1ccc(C(OC(C)=O)c2cccnc2OCc2ccccc2)cc1. The Bertz CT molecular complexity index is 876. The van der Waals surface area contributed by atoms with Crippen LogP contribution < -0.4 is 4.74 Å². The molecule has 0 saturated carbocycles.